The van der Waals surface area contributed by atoms with Crippen LogP contribution in [0.3, 0.4) is 0 Å². The summed E-state index contributed by atoms with van der Waals surface area (Å²) in [7, 11) is 0. The number of nitrogens with one attached hydrogen (secondary N) is 1. The Balaban J connectivity index is 1.67. The van der Waals surface area contributed by atoms with Crippen molar-refractivity contribution in [3.63, 3.8) is 0 Å². The van der Waals surface area contributed by atoms with Gasteiger partial charge in [-0.1, -0.05) is 60.1 Å². The van der Waals surface area contributed by atoms with E-state index in [-0.39, 0.29) is 18.0 Å². The second-order valence-corrected chi connectivity index (χ2v) is 10.7. The minimum Gasteiger partial charge on any atom is -0.305 e. The Kier molecular flexibility index (Phi) is 8.59. The fourth-order valence-electron chi connectivity index (χ4n) is 4.87. The first-order valence-electron chi connectivity index (χ1n) is 12.7. The summed E-state index contributed by atoms with van der Waals surface area (Å²) in [6.07, 6.45) is 4.34. The molecule has 190 valence electrons. The summed E-state index contributed by atoms with van der Waals surface area (Å²) in [6, 6.07) is 32.7. The molecule has 0 saturated heterocycles. The van der Waals surface area contributed by atoms with Gasteiger partial charge in [0.1, 0.15) is 0 Å². The van der Waals surface area contributed by atoms with Crippen LogP contribution in [0.15, 0.2) is 97.3 Å². The van der Waals surface area contributed by atoms with Gasteiger partial charge in [0.05, 0.1) is 29.2 Å². The van der Waals surface area contributed by atoms with Crippen molar-refractivity contribution in [2.75, 3.05) is 0 Å². The molecule has 0 radical (unpaired) electrons. The van der Waals surface area contributed by atoms with Crippen LogP contribution in [0.5, 0.6) is 0 Å². The molecule has 0 aliphatic heterocycles. The lowest BCUT2D eigenvalue weighted by atomic mass is 9.79. The monoisotopic (exact) mass is 518 g/mol. The summed E-state index contributed by atoms with van der Waals surface area (Å²) in [5, 5.41) is 24.1. The van der Waals surface area contributed by atoms with Crippen LogP contribution >= 0.6 is 11.6 Å². The van der Waals surface area contributed by atoms with Gasteiger partial charge in [0.2, 0.25) is 0 Å². The molecule has 5 heteroatoms. The number of halogens is 1. The van der Waals surface area contributed by atoms with Gasteiger partial charge < -0.3 is 5.32 Å². The van der Waals surface area contributed by atoms with Gasteiger partial charge in [-0.3, -0.25) is 4.98 Å². The molecule has 0 aliphatic carbocycles. The fourth-order valence-corrected chi connectivity index (χ4v) is 5.00. The third-order valence-electron chi connectivity index (χ3n) is 7.11. The van der Waals surface area contributed by atoms with Gasteiger partial charge in [-0.05, 0) is 91.4 Å². The highest BCUT2D eigenvalue weighted by molar-refractivity contribution is 6.30. The zero-order valence-electron chi connectivity index (χ0n) is 21.9. The van der Waals surface area contributed by atoms with Crippen molar-refractivity contribution in [1.29, 1.82) is 10.5 Å². The number of rotatable bonds is 9. The summed E-state index contributed by atoms with van der Waals surface area (Å²) in [6.45, 7) is 6.10. The molecule has 0 saturated carbocycles. The van der Waals surface area contributed by atoms with Crippen LogP contribution in [-0.2, 0) is 6.42 Å². The van der Waals surface area contributed by atoms with E-state index >= 15 is 0 Å². The zero-order chi connectivity index (χ0) is 27.1. The molecule has 1 aromatic heterocycles. The Labute approximate surface area is 230 Å². The van der Waals surface area contributed by atoms with Crippen LogP contribution in [-0.4, -0.2) is 11.0 Å². The number of hydrogen-bond acceptors (Lipinski definition) is 4. The normalized spacial score (nSPS) is 13.6. The number of aromatic nitrogens is 1. The first kappa shape index (κ1) is 27.1. The minimum absolute atomic E-state index is 0.00267. The van der Waals surface area contributed by atoms with Gasteiger partial charge in [-0.15, -0.1) is 0 Å². The van der Waals surface area contributed by atoms with E-state index in [1.165, 1.54) is 0 Å². The summed E-state index contributed by atoms with van der Waals surface area (Å²) in [5.74, 6) is 0.0672. The van der Waals surface area contributed by atoms with Crippen molar-refractivity contribution in [2.45, 2.75) is 45.2 Å². The van der Waals surface area contributed by atoms with Crippen LogP contribution in [0.25, 0.3) is 11.1 Å². The summed E-state index contributed by atoms with van der Waals surface area (Å²) >= 11 is 6.14. The molecule has 3 atom stereocenters. The van der Waals surface area contributed by atoms with E-state index in [0.717, 1.165) is 34.2 Å². The SMILES string of the molecule is C[C@H](NC(c1ccc(-c2ccncc2)cc1)C(C)(C)C#N)[C@@H](Cc1ccc(Cl)cc1)c1cccc(C#N)c1. The molecule has 38 heavy (non-hydrogen) atoms. The highest BCUT2D eigenvalue weighted by atomic mass is 35.5. The third-order valence-corrected chi connectivity index (χ3v) is 7.37. The van der Waals surface area contributed by atoms with Gasteiger partial charge in [0.25, 0.3) is 0 Å². The van der Waals surface area contributed by atoms with E-state index in [9.17, 15) is 10.5 Å². The number of nitrogens with zero attached hydrogens (tertiary/aromatic N) is 3. The Bertz CT molecular complexity index is 1430. The van der Waals surface area contributed by atoms with E-state index in [2.05, 4.69) is 59.7 Å². The quantitative estimate of drug-likeness (QED) is 0.244. The molecule has 0 aliphatic rings. The van der Waals surface area contributed by atoms with Crippen molar-refractivity contribution >= 4 is 11.6 Å². The smallest absolute Gasteiger partial charge is 0.0991 e. The summed E-state index contributed by atoms with van der Waals surface area (Å²) in [5.41, 5.74) is 5.48. The Hall–Kier alpha value is -3.96. The van der Waals surface area contributed by atoms with Crippen molar-refractivity contribution in [3.8, 4) is 23.3 Å². The average molecular weight is 519 g/mol. The van der Waals surface area contributed by atoms with Crippen molar-refractivity contribution in [2.24, 2.45) is 5.41 Å². The second-order valence-electron chi connectivity index (χ2n) is 10.3. The predicted molar refractivity (Wildman–Crippen MR) is 153 cm³/mol. The molecule has 4 nitrogen and oxygen atoms in total. The maximum atomic E-state index is 10.1. The van der Waals surface area contributed by atoms with Crippen LogP contribution in [0.1, 0.15) is 55.0 Å². The number of nitriles is 2. The molecular formula is C33H31ClN4. The highest BCUT2D eigenvalue weighted by Crippen LogP contribution is 2.36. The molecular weight excluding hydrogens is 488 g/mol. The first-order chi connectivity index (χ1) is 18.3. The van der Waals surface area contributed by atoms with Gasteiger partial charge in [0.15, 0.2) is 0 Å². The molecule has 0 bridgehead atoms. The average Bonchev–Trinajstić information content (AvgIpc) is 2.96. The first-order valence-corrected chi connectivity index (χ1v) is 13.1. The molecule has 1 unspecified atom stereocenters. The van der Waals surface area contributed by atoms with Crippen molar-refractivity contribution < 1.29 is 0 Å². The second kappa shape index (κ2) is 12.1. The molecule has 4 aromatic rings. The Morgan fingerprint density at radius 2 is 1.53 bits per heavy atom. The predicted octanol–water partition coefficient (Wildman–Crippen LogP) is 7.87. The van der Waals surface area contributed by atoms with Crippen LogP contribution in [0.4, 0.5) is 0 Å². The molecule has 3 aromatic carbocycles. The third kappa shape index (κ3) is 6.48. The highest BCUT2D eigenvalue weighted by Gasteiger charge is 2.34. The van der Waals surface area contributed by atoms with E-state index in [1.807, 2.05) is 68.4 Å². The Morgan fingerprint density at radius 3 is 2.16 bits per heavy atom. The van der Waals surface area contributed by atoms with Crippen LogP contribution in [0.2, 0.25) is 5.02 Å². The maximum Gasteiger partial charge on any atom is 0.0991 e. The van der Waals surface area contributed by atoms with Crippen LogP contribution in [0, 0.1) is 28.1 Å². The largest absolute Gasteiger partial charge is 0.305 e. The minimum atomic E-state index is -0.661. The molecule has 1 heterocycles. The van der Waals surface area contributed by atoms with Gasteiger partial charge in [-0.25, -0.2) is 0 Å². The maximum absolute atomic E-state index is 10.1. The lowest BCUT2D eigenvalue weighted by molar-refractivity contribution is 0.281. The van der Waals surface area contributed by atoms with Gasteiger partial charge in [0, 0.05) is 29.4 Å². The molecule has 0 fully saturated rings. The fraction of sp³-hybridized carbons (Fsp3) is 0.242. The lowest BCUT2D eigenvalue weighted by Gasteiger charge is -2.36. The van der Waals surface area contributed by atoms with Crippen LogP contribution < -0.4 is 5.32 Å². The molecule has 0 amide bonds. The Morgan fingerprint density at radius 1 is 0.868 bits per heavy atom. The van der Waals surface area contributed by atoms with E-state index in [1.54, 1.807) is 12.4 Å². The molecule has 4 rings (SSSR count). The number of hydrogen-bond donors (Lipinski definition) is 1. The number of pyridine rings is 1. The zero-order valence-corrected chi connectivity index (χ0v) is 22.7. The van der Waals surface area contributed by atoms with Crippen molar-refractivity contribution in [3.05, 3.63) is 125 Å². The van der Waals surface area contributed by atoms with E-state index in [0.29, 0.717) is 10.6 Å². The molecule has 1 N–H and O–H groups in total. The molecule has 0 spiro atoms. The van der Waals surface area contributed by atoms with Crippen molar-refractivity contribution in [1.82, 2.24) is 10.3 Å². The summed E-state index contributed by atoms with van der Waals surface area (Å²) in [4.78, 5) is 4.11. The lowest BCUT2D eigenvalue weighted by Crippen LogP contribution is -2.42. The van der Waals surface area contributed by atoms with Gasteiger partial charge >= 0.3 is 0 Å². The van der Waals surface area contributed by atoms with Gasteiger partial charge in [-0.2, -0.15) is 10.5 Å². The standard InChI is InChI=1S/C33H31ClN4/c1-23(31(20-24-7-13-30(34)14-8-24)29-6-4-5-25(19-29)21-35)38-32(33(2,3)22-36)28-11-9-26(10-12-28)27-15-17-37-18-16-27/h4-19,23,31-32,38H,20H2,1-3H3/t23-,31+,32?/m0/s1. The van der Waals surface area contributed by atoms with E-state index < -0.39 is 5.41 Å². The topological polar surface area (TPSA) is 72.5 Å². The van der Waals surface area contributed by atoms with E-state index in [4.69, 9.17) is 11.6 Å². The summed E-state index contributed by atoms with van der Waals surface area (Å²) < 4.78 is 0. The number of benzene rings is 3.